The molecule has 5 nitrogen and oxygen atoms in total. The molecule has 130 valence electrons. The highest BCUT2D eigenvalue weighted by Gasteiger charge is 2.33. The van der Waals surface area contributed by atoms with E-state index < -0.39 is 12.0 Å². The summed E-state index contributed by atoms with van der Waals surface area (Å²) in [4.78, 5) is 15.1. The van der Waals surface area contributed by atoms with Crippen molar-refractivity contribution in [2.75, 3.05) is 6.61 Å². The Bertz CT molecular complexity index is 998. The van der Waals surface area contributed by atoms with Gasteiger partial charge in [-0.1, -0.05) is 36.3 Å². The minimum Gasteiger partial charge on any atom is -0.481 e. The van der Waals surface area contributed by atoms with Crippen LogP contribution in [0.25, 0.3) is 10.9 Å². The third-order valence-corrected chi connectivity index (χ3v) is 4.75. The van der Waals surface area contributed by atoms with Crippen LogP contribution in [0.15, 0.2) is 48.5 Å². The predicted molar refractivity (Wildman–Crippen MR) is 99.2 cm³/mol. The van der Waals surface area contributed by atoms with E-state index in [0.29, 0.717) is 12.2 Å². The average molecular weight is 346 g/mol. The number of hydrogen-bond donors (Lipinski definition) is 3. The van der Waals surface area contributed by atoms with Gasteiger partial charge in [0.2, 0.25) is 0 Å². The number of rotatable bonds is 4. The molecule has 0 bridgehead atoms. The minimum absolute atomic E-state index is 0.217. The van der Waals surface area contributed by atoms with Crippen LogP contribution in [-0.2, 0) is 11.2 Å². The average Bonchev–Trinajstić information content (AvgIpc) is 3.04. The molecule has 0 amide bonds. The van der Waals surface area contributed by atoms with Gasteiger partial charge in [0.1, 0.15) is 18.4 Å². The smallest absolute Gasteiger partial charge is 0.321 e. The van der Waals surface area contributed by atoms with E-state index in [4.69, 9.17) is 11.2 Å². The third kappa shape index (κ3) is 2.81. The van der Waals surface area contributed by atoms with Crippen molar-refractivity contribution in [2.45, 2.75) is 18.5 Å². The first-order valence-corrected chi connectivity index (χ1v) is 8.42. The normalized spacial score (nSPS) is 18.9. The number of carbonyl (C=O) groups is 1. The maximum absolute atomic E-state index is 11.7. The molecule has 3 aromatic rings. The Labute approximate surface area is 151 Å². The summed E-state index contributed by atoms with van der Waals surface area (Å²) >= 11 is 0. The van der Waals surface area contributed by atoms with Crippen molar-refractivity contribution >= 4 is 16.9 Å². The number of hydrogen-bond acceptors (Lipinski definition) is 3. The number of fused-ring (bicyclic) bond motifs is 3. The molecule has 2 atom stereocenters. The van der Waals surface area contributed by atoms with Gasteiger partial charge in [-0.05, 0) is 29.3 Å². The Balaban J connectivity index is 1.76. The zero-order valence-electron chi connectivity index (χ0n) is 14.0. The van der Waals surface area contributed by atoms with Gasteiger partial charge in [-0.15, -0.1) is 6.42 Å². The van der Waals surface area contributed by atoms with Crippen molar-refractivity contribution in [3.8, 4) is 18.1 Å². The van der Waals surface area contributed by atoms with Crippen molar-refractivity contribution in [1.29, 1.82) is 0 Å². The van der Waals surface area contributed by atoms with Gasteiger partial charge in [-0.2, -0.15) is 0 Å². The molecular weight excluding hydrogens is 328 g/mol. The van der Waals surface area contributed by atoms with E-state index in [0.717, 1.165) is 27.7 Å². The molecule has 0 aliphatic carbocycles. The summed E-state index contributed by atoms with van der Waals surface area (Å²) in [5.41, 5.74) is 4.06. The van der Waals surface area contributed by atoms with Crippen molar-refractivity contribution in [3.63, 3.8) is 0 Å². The highest BCUT2D eigenvalue weighted by atomic mass is 16.5. The Hall–Kier alpha value is -3.23. The molecule has 3 N–H and O–H groups in total. The van der Waals surface area contributed by atoms with Crippen LogP contribution in [0.4, 0.5) is 0 Å². The molecule has 2 aromatic carbocycles. The van der Waals surface area contributed by atoms with Crippen molar-refractivity contribution in [3.05, 3.63) is 65.4 Å². The molecule has 26 heavy (non-hydrogen) atoms. The molecule has 1 aliphatic rings. The van der Waals surface area contributed by atoms with E-state index in [1.807, 2.05) is 48.5 Å². The lowest BCUT2D eigenvalue weighted by molar-refractivity contribution is -0.139. The van der Waals surface area contributed by atoms with E-state index in [1.165, 1.54) is 0 Å². The number of para-hydroxylation sites is 1. The van der Waals surface area contributed by atoms with Crippen molar-refractivity contribution in [2.24, 2.45) is 0 Å². The van der Waals surface area contributed by atoms with E-state index >= 15 is 0 Å². The number of nitrogens with one attached hydrogen (secondary N) is 2. The van der Waals surface area contributed by atoms with E-state index in [2.05, 4.69) is 16.2 Å². The molecule has 0 radical (unpaired) electrons. The highest BCUT2D eigenvalue weighted by Crippen LogP contribution is 2.35. The van der Waals surface area contributed by atoms with Crippen LogP contribution in [0.1, 0.15) is 22.9 Å². The number of aliphatic carboxylic acids is 1. The number of aromatic amines is 1. The van der Waals surface area contributed by atoms with Crippen molar-refractivity contribution < 1.29 is 14.6 Å². The van der Waals surface area contributed by atoms with Gasteiger partial charge in [0.15, 0.2) is 0 Å². The molecule has 1 aromatic heterocycles. The highest BCUT2D eigenvalue weighted by molar-refractivity contribution is 5.87. The van der Waals surface area contributed by atoms with Crippen LogP contribution < -0.4 is 10.1 Å². The second kappa shape index (κ2) is 6.58. The van der Waals surface area contributed by atoms with Crippen LogP contribution in [0, 0.1) is 12.3 Å². The van der Waals surface area contributed by atoms with Gasteiger partial charge in [0.05, 0.1) is 6.04 Å². The molecule has 0 saturated carbocycles. The first kappa shape index (κ1) is 16.2. The fourth-order valence-electron chi connectivity index (χ4n) is 3.54. The van der Waals surface area contributed by atoms with E-state index in [9.17, 15) is 9.90 Å². The fraction of sp³-hybridized carbons (Fsp3) is 0.190. The summed E-state index contributed by atoms with van der Waals surface area (Å²) in [6.07, 6.45) is 5.66. The van der Waals surface area contributed by atoms with Crippen LogP contribution in [0.3, 0.4) is 0 Å². The number of carboxylic acid groups (broad SMARTS) is 1. The molecule has 1 unspecified atom stereocenters. The third-order valence-electron chi connectivity index (χ3n) is 4.75. The number of carboxylic acids is 1. The lowest BCUT2D eigenvalue weighted by atomic mass is 9.90. The Morgan fingerprint density at radius 2 is 2.00 bits per heavy atom. The predicted octanol–water partition coefficient (Wildman–Crippen LogP) is 2.87. The molecule has 2 heterocycles. The quantitative estimate of drug-likeness (QED) is 0.635. The second-order valence-corrected chi connectivity index (χ2v) is 6.32. The van der Waals surface area contributed by atoms with Crippen LogP contribution in [0.2, 0.25) is 0 Å². The topological polar surface area (TPSA) is 74.3 Å². The van der Waals surface area contributed by atoms with Gasteiger partial charge >= 0.3 is 5.97 Å². The largest absolute Gasteiger partial charge is 0.481 e. The standard InChI is InChI=1S/C21H18N2O3/c1-2-11-26-14-9-7-13(8-10-14)19-20-16(12-18(23-19)21(24)25)15-5-3-4-6-17(15)22-20/h1,3-10,18-19,22-23H,11-12H2,(H,24,25)/t18-,19?/m0/s1. The summed E-state index contributed by atoms with van der Waals surface area (Å²) in [6.45, 7) is 0.217. The molecule has 4 rings (SSSR count). The monoisotopic (exact) mass is 346 g/mol. The molecular formula is C21H18N2O3. The summed E-state index contributed by atoms with van der Waals surface area (Å²) in [7, 11) is 0. The first-order valence-electron chi connectivity index (χ1n) is 8.42. The fourth-order valence-corrected chi connectivity index (χ4v) is 3.54. The zero-order chi connectivity index (χ0) is 18.1. The Kier molecular flexibility index (Phi) is 4.11. The summed E-state index contributed by atoms with van der Waals surface area (Å²) in [5, 5.41) is 13.9. The molecule has 5 heteroatoms. The van der Waals surface area contributed by atoms with Gasteiger partial charge in [-0.3, -0.25) is 10.1 Å². The number of benzene rings is 2. The van der Waals surface area contributed by atoms with Crippen LogP contribution >= 0.6 is 0 Å². The van der Waals surface area contributed by atoms with Crippen LogP contribution in [-0.4, -0.2) is 28.7 Å². The van der Waals surface area contributed by atoms with Crippen LogP contribution in [0.5, 0.6) is 5.75 Å². The number of ether oxygens (including phenoxy) is 1. The molecule has 0 saturated heterocycles. The Morgan fingerprint density at radius 3 is 2.73 bits per heavy atom. The summed E-state index contributed by atoms with van der Waals surface area (Å²) < 4.78 is 5.42. The Morgan fingerprint density at radius 1 is 1.23 bits per heavy atom. The van der Waals surface area contributed by atoms with Gasteiger partial charge in [0.25, 0.3) is 0 Å². The van der Waals surface area contributed by atoms with Gasteiger partial charge < -0.3 is 14.8 Å². The number of H-pyrrole nitrogens is 1. The lowest BCUT2D eigenvalue weighted by Crippen LogP contribution is -2.44. The minimum atomic E-state index is -0.847. The molecule has 0 spiro atoms. The van der Waals surface area contributed by atoms with E-state index in [1.54, 1.807) is 0 Å². The van der Waals surface area contributed by atoms with E-state index in [-0.39, 0.29) is 12.6 Å². The maximum Gasteiger partial charge on any atom is 0.321 e. The maximum atomic E-state index is 11.7. The number of terminal acetylenes is 1. The molecule has 1 aliphatic heterocycles. The summed E-state index contributed by atoms with van der Waals surface area (Å²) in [5.74, 6) is 2.28. The van der Waals surface area contributed by atoms with Gasteiger partial charge in [0, 0.05) is 23.0 Å². The zero-order valence-corrected chi connectivity index (χ0v) is 14.0. The van der Waals surface area contributed by atoms with Crippen molar-refractivity contribution in [1.82, 2.24) is 10.3 Å². The molecule has 0 fully saturated rings. The second-order valence-electron chi connectivity index (χ2n) is 6.32. The van der Waals surface area contributed by atoms with Gasteiger partial charge in [-0.25, -0.2) is 0 Å². The lowest BCUT2D eigenvalue weighted by Gasteiger charge is -2.29. The summed E-state index contributed by atoms with van der Waals surface area (Å²) in [6, 6.07) is 14.7. The first-order chi connectivity index (χ1) is 12.7. The number of aromatic nitrogens is 1. The SMILES string of the molecule is C#CCOc1ccc(C2N[C@H](C(=O)O)Cc3c2[nH]c2ccccc32)cc1.